The number of hydrogen-bond donors (Lipinski definition) is 3. The molecular formula is C23H21F3N4O2. The van der Waals surface area contributed by atoms with Crippen molar-refractivity contribution in [2.45, 2.75) is 6.92 Å². The van der Waals surface area contributed by atoms with E-state index < -0.39 is 29.5 Å². The van der Waals surface area contributed by atoms with Crippen molar-refractivity contribution >= 4 is 29.1 Å². The first-order valence-electron chi connectivity index (χ1n) is 9.72. The molecule has 3 N–H and O–H groups in total. The predicted octanol–water partition coefficient (Wildman–Crippen LogP) is 5.27. The highest BCUT2D eigenvalue weighted by Gasteiger charge is 2.17. The molecule has 0 saturated carbocycles. The molecule has 0 aliphatic carbocycles. The summed E-state index contributed by atoms with van der Waals surface area (Å²) in [6.45, 7) is 1.97. The molecule has 0 aliphatic heterocycles. The van der Waals surface area contributed by atoms with Crippen LogP contribution in [0.25, 0.3) is 0 Å². The number of nitrogens with zero attached hydrogens (tertiary/aromatic N) is 1. The molecule has 166 valence electrons. The quantitative estimate of drug-likeness (QED) is 0.486. The van der Waals surface area contributed by atoms with Crippen LogP contribution in [0.3, 0.4) is 0 Å². The summed E-state index contributed by atoms with van der Waals surface area (Å²) in [6, 6.07) is 14.1. The molecule has 3 aromatic carbocycles. The van der Waals surface area contributed by atoms with Gasteiger partial charge in [-0.1, -0.05) is 17.7 Å². The second kappa shape index (κ2) is 10.3. The highest BCUT2D eigenvalue weighted by atomic mass is 19.1. The molecule has 0 aliphatic rings. The molecule has 9 heteroatoms. The minimum atomic E-state index is -0.912. The van der Waals surface area contributed by atoms with Crippen molar-refractivity contribution in [3.8, 4) is 0 Å². The van der Waals surface area contributed by atoms with Gasteiger partial charge in [-0.15, -0.1) is 0 Å². The summed E-state index contributed by atoms with van der Waals surface area (Å²) in [5, 5.41) is 7.53. The lowest BCUT2D eigenvalue weighted by molar-refractivity contribution is 0.250. The Kier molecular flexibility index (Phi) is 7.33. The molecule has 0 atom stereocenters. The number of carbonyl (C=O) groups excluding carboxylic acids is 2. The average molecular weight is 442 g/mol. The smallest absolute Gasteiger partial charge is 0.326 e. The third-order valence-corrected chi connectivity index (χ3v) is 4.49. The van der Waals surface area contributed by atoms with Crippen LogP contribution in [0.1, 0.15) is 5.56 Å². The van der Waals surface area contributed by atoms with E-state index in [1.807, 2.05) is 19.1 Å². The van der Waals surface area contributed by atoms with Crippen molar-refractivity contribution in [1.29, 1.82) is 0 Å². The lowest BCUT2D eigenvalue weighted by Gasteiger charge is -2.23. The third kappa shape index (κ3) is 6.24. The number of anilines is 3. The average Bonchev–Trinajstić information content (AvgIpc) is 2.76. The van der Waals surface area contributed by atoms with Gasteiger partial charge in [0.2, 0.25) is 0 Å². The van der Waals surface area contributed by atoms with Gasteiger partial charge in [-0.2, -0.15) is 0 Å². The zero-order chi connectivity index (χ0) is 23.1. The Morgan fingerprint density at radius 2 is 1.50 bits per heavy atom. The first kappa shape index (κ1) is 22.7. The maximum Gasteiger partial charge on any atom is 0.326 e. The van der Waals surface area contributed by atoms with Gasteiger partial charge in [-0.25, -0.2) is 22.8 Å². The molecular weight excluding hydrogens is 421 g/mol. The second-order valence-electron chi connectivity index (χ2n) is 6.93. The summed E-state index contributed by atoms with van der Waals surface area (Å²) >= 11 is 0. The predicted molar refractivity (Wildman–Crippen MR) is 117 cm³/mol. The van der Waals surface area contributed by atoms with E-state index in [1.54, 1.807) is 12.1 Å². The van der Waals surface area contributed by atoms with Gasteiger partial charge in [0.15, 0.2) is 0 Å². The van der Waals surface area contributed by atoms with E-state index >= 15 is 0 Å². The zero-order valence-corrected chi connectivity index (χ0v) is 17.2. The Hall–Kier alpha value is -4.01. The molecule has 0 fully saturated rings. The van der Waals surface area contributed by atoms with Gasteiger partial charge in [0, 0.05) is 30.5 Å². The van der Waals surface area contributed by atoms with Crippen molar-refractivity contribution < 1.29 is 22.8 Å². The fourth-order valence-corrected chi connectivity index (χ4v) is 2.84. The molecule has 0 unspecified atom stereocenters. The summed E-state index contributed by atoms with van der Waals surface area (Å²) in [4.78, 5) is 26.2. The lowest BCUT2D eigenvalue weighted by Crippen LogP contribution is -2.42. The van der Waals surface area contributed by atoms with Crippen molar-refractivity contribution in [3.05, 3.63) is 89.7 Å². The minimum absolute atomic E-state index is 0.00728. The first-order valence-corrected chi connectivity index (χ1v) is 9.72. The molecule has 6 nitrogen and oxygen atoms in total. The van der Waals surface area contributed by atoms with E-state index in [2.05, 4.69) is 16.0 Å². The lowest BCUT2D eigenvalue weighted by atomic mass is 10.2. The van der Waals surface area contributed by atoms with E-state index in [4.69, 9.17) is 0 Å². The molecule has 0 heterocycles. The Morgan fingerprint density at radius 1 is 0.844 bits per heavy atom. The molecule has 0 spiro atoms. The number of hydrogen-bond acceptors (Lipinski definition) is 2. The first-order chi connectivity index (χ1) is 15.3. The normalized spacial score (nSPS) is 10.4. The molecule has 0 saturated heterocycles. The van der Waals surface area contributed by atoms with Crippen molar-refractivity contribution in [2.24, 2.45) is 0 Å². The van der Waals surface area contributed by atoms with Crippen LogP contribution in [0.2, 0.25) is 0 Å². The Labute approximate surface area is 183 Å². The van der Waals surface area contributed by atoms with Gasteiger partial charge in [-0.3, -0.25) is 4.90 Å². The van der Waals surface area contributed by atoms with Crippen LogP contribution in [0.5, 0.6) is 0 Å². The Balaban J connectivity index is 1.64. The van der Waals surface area contributed by atoms with E-state index in [0.717, 1.165) is 17.7 Å². The molecule has 0 radical (unpaired) electrons. The van der Waals surface area contributed by atoms with Gasteiger partial charge in [-0.05, 0) is 55.5 Å². The summed E-state index contributed by atoms with van der Waals surface area (Å²) in [7, 11) is 0. The Morgan fingerprint density at radius 3 is 2.16 bits per heavy atom. The van der Waals surface area contributed by atoms with Crippen LogP contribution in [0.4, 0.5) is 39.8 Å². The maximum atomic E-state index is 13.7. The highest BCUT2D eigenvalue weighted by molar-refractivity contribution is 6.01. The molecule has 3 rings (SSSR count). The van der Waals surface area contributed by atoms with E-state index in [0.29, 0.717) is 17.4 Å². The van der Waals surface area contributed by atoms with Crippen LogP contribution >= 0.6 is 0 Å². The standard InChI is InChI=1S/C23H21F3N4O2/c1-15-2-7-18(8-3-15)28-23(32)30(19-9-4-16(24)5-10-19)13-12-27-22(31)29-21-11-6-17(25)14-20(21)26/h2-11,14H,12-13H2,1H3,(H,28,32)(H2,27,29,31). The number of nitrogens with one attached hydrogen (secondary N) is 3. The molecule has 0 bridgehead atoms. The van der Waals surface area contributed by atoms with Gasteiger partial charge < -0.3 is 16.0 Å². The van der Waals surface area contributed by atoms with Crippen LogP contribution in [0.15, 0.2) is 66.7 Å². The number of amides is 4. The van der Waals surface area contributed by atoms with Gasteiger partial charge in [0.1, 0.15) is 17.5 Å². The number of carbonyl (C=O) groups is 2. The number of halogens is 3. The molecule has 3 aromatic rings. The largest absolute Gasteiger partial charge is 0.336 e. The summed E-state index contributed by atoms with van der Waals surface area (Å²) in [6.07, 6.45) is 0. The van der Waals surface area contributed by atoms with Crippen LogP contribution in [0, 0.1) is 24.4 Å². The summed E-state index contributed by atoms with van der Waals surface area (Å²) in [5.41, 5.74) is 1.84. The topological polar surface area (TPSA) is 73.5 Å². The van der Waals surface area contributed by atoms with Crippen LogP contribution < -0.4 is 20.9 Å². The van der Waals surface area contributed by atoms with E-state index in [1.165, 1.54) is 29.2 Å². The highest BCUT2D eigenvalue weighted by Crippen LogP contribution is 2.18. The number of urea groups is 2. The van der Waals surface area contributed by atoms with E-state index in [-0.39, 0.29) is 18.8 Å². The molecule has 32 heavy (non-hydrogen) atoms. The van der Waals surface area contributed by atoms with Gasteiger partial charge in [0.25, 0.3) is 0 Å². The van der Waals surface area contributed by atoms with Crippen LogP contribution in [-0.2, 0) is 0 Å². The monoisotopic (exact) mass is 442 g/mol. The fourth-order valence-electron chi connectivity index (χ4n) is 2.84. The third-order valence-electron chi connectivity index (χ3n) is 4.49. The van der Waals surface area contributed by atoms with Gasteiger partial charge >= 0.3 is 12.1 Å². The number of benzene rings is 3. The van der Waals surface area contributed by atoms with Crippen molar-refractivity contribution in [1.82, 2.24) is 5.32 Å². The van der Waals surface area contributed by atoms with Gasteiger partial charge in [0.05, 0.1) is 5.69 Å². The van der Waals surface area contributed by atoms with Crippen LogP contribution in [-0.4, -0.2) is 25.2 Å². The number of aryl methyl sites for hydroxylation is 1. The summed E-state index contributed by atoms with van der Waals surface area (Å²) in [5.74, 6) is -2.12. The second-order valence-corrected chi connectivity index (χ2v) is 6.93. The number of rotatable bonds is 6. The summed E-state index contributed by atoms with van der Waals surface area (Å²) < 4.78 is 40.0. The molecule has 0 aromatic heterocycles. The van der Waals surface area contributed by atoms with Crippen molar-refractivity contribution in [3.63, 3.8) is 0 Å². The SMILES string of the molecule is Cc1ccc(NC(=O)N(CCNC(=O)Nc2ccc(F)cc2F)c2ccc(F)cc2)cc1. The minimum Gasteiger partial charge on any atom is -0.336 e. The molecule has 4 amide bonds. The zero-order valence-electron chi connectivity index (χ0n) is 17.2. The maximum absolute atomic E-state index is 13.7. The van der Waals surface area contributed by atoms with Crippen molar-refractivity contribution in [2.75, 3.05) is 28.6 Å². The fraction of sp³-hybridized carbons (Fsp3) is 0.130. The Bertz CT molecular complexity index is 1090. The van der Waals surface area contributed by atoms with E-state index in [9.17, 15) is 22.8 Å².